The van der Waals surface area contributed by atoms with E-state index < -0.39 is 16.7 Å². The number of carbonyl (C=O) groups is 2. The number of hydrogen-bond donors (Lipinski definition) is 2. The normalized spacial score (nSPS) is 17.9. The molecule has 0 fully saturated rings. The molecular formula is C13H16Cl2N2O2S. The van der Waals surface area contributed by atoms with Gasteiger partial charge in [0.05, 0.1) is 5.56 Å². The van der Waals surface area contributed by atoms with E-state index >= 15 is 0 Å². The summed E-state index contributed by atoms with van der Waals surface area (Å²) in [7, 11) is 0. The predicted molar refractivity (Wildman–Crippen MR) is 82.8 cm³/mol. The van der Waals surface area contributed by atoms with E-state index in [1.807, 2.05) is 0 Å². The van der Waals surface area contributed by atoms with Crippen molar-refractivity contribution in [1.82, 2.24) is 0 Å². The molecule has 1 aliphatic rings. The second-order valence-corrected chi connectivity index (χ2v) is 7.08. The molecule has 0 aromatic carbocycles. The van der Waals surface area contributed by atoms with Crippen molar-refractivity contribution >= 4 is 51.4 Å². The molecule has 0 saturated heterocycles. The van der Waals surface area contributed by atoms with E-state index in [0.717, 1.165) is 36.1 Å². The van der Waals surface area contributed by atoms with Crippen molar-refractivity contribution in [3.63, 3.8) is 0 Å². The quantitative estimate of drug-likeness (QED) is 0.830. The van der Waals surface area contributed by atoms with Crippen LogP contribution in [0, 0.1) is 5.92 Å². The highest BCUT2D eigenvalue weighted by Gasteiger charge is 2.28. The molecular weight excluding hydrogens is 319 g/mol. The summed E-state index contributed by atoms with van der Waals surface area (Å²) in [5.74, 6) is -0.436. The van der Waals surface area contributed by atoms with E-state index in [1.54, 1.807) is 0 Å². The molecule has 1 atom stereocenters. The average molecular weight is 335 g/mol. The minimum Gasteiger partial charge on any atom is -0.365 e. The first-order chi connectivity index (χ1) is 9.43. The lowest BCUT2D eigenvalue weighted by Gasteiger charge is -2.20. The first kappa shape index (κ1) is 15.6. The van der Waals surface area contributed by atoms with Gasteiger partial charge in [-0.25, -0.2) is 0 Å². The standard InChI is InChI=1S/C13H16Cl2N2O2S/c1-2-6-3-4-7-8(5-6)20-13(9(7)11(16)18)17-12(19)10(14)15/h6,10H,2-5H2,1H3,(H2,16,18)(H,17,19). The summed E-state index contributed by atoms with van der Waals surface area (Å²) in [6, 6.07) is 0. The fourth-order valence-corrected chi connectivity index (χ4v) is 4.00. The fraction of sp³-hybridized carbons (Fsp3) is 0.538. The Morgan fingerprint density at radius 2 is 2.20 bits per heavy atom. The van der Waals surface area contributed by atoms with Gasteiger partial charge in [-0.3, -0.25) is 9.59 Å². The Kier molecular flexibility index (Phi) is 4.94. The van der Waals surface area contributed by atoms with E-state index in [0.29, 0.717) is 16.5 Å². The number of thiophene rings is 1. The molecule has 1 aromatic rings. The molecule has 7 heteroatoms. The molecule has 4 nitrogen and oxygen atoms in total. The second-order valence-electron chi connectivity index (χ2n) is 4.88. The van der Waals surface area contributed by atoms with Crippen molar-refractivity contribution in [3.8, 4) is 0 Å². The van der Waals surface area contributed by atoms with Crippen LogP contribution >= 0.6 is 34.5 Å². The minimum atomic E-state index is -1.17. The summed E-state index contributed by atoms with van der Waals surface area (Å²) in [5.41, 5.74) is 6.85. The zero-order valence-corrected chi connectivity index (χ0v) is 13.4. The monoisotopic (exact) mass is 334 g/mol. The Hall–Kier alpha value is -0.780. The largest absolute Gasteiger partial charge is 0.365 e. The summed E-state index contributed by atoms with van der Waals surface area (Å²) < 4.78 is 0. The Morgan fingerprint density at radius 3 is 2.75 bits per heavy atom. The molecule has 0 saturated carbocycles. The zero-order valence-electron chi connectivity index (χ0n) is 11.0. The number of rotatable bonds is 4. The number of hydrogen-bond acceptors (Lipinski definition) is 3. The van der Waals surface area contributed by atoms with Gasteiger partial charge in [0.25, 0.3) is 11.8 Å². The third-order valence-corrected chi connectivity index (χ3v) is 5.19. The SMILES string of the molecule is CCC1CCc2c(sc(NC(=O)C(Cl)Cl)c2C(N)=O)C1. The number of halogens is 2. The van der Waals surface area contributed by atoms with Crippen LogP contribution in [-0.2, 0) is 17.6 Å². The van der Waals surface area contributed by atoms with Crippen LogP contribution in [0.2, 0.25) is 0 Å². The summed E-state index contributed by atoms with van der Waals surface area (Å²) in [6.07, 6.45) is 3.90. The number of nitrogens with one attached hydrogen (secondary N) is 1. The number of fused-ring (bicyclic) bond motifs is 1. The lowest BCUT2D eigenvalue weighted by atomic mass is 9.85. The molecule has 2 rings (SSSR count). The maximum absolute atomic E-state index is 11.7. The third kappa shape index (κ3) is 3.10. The van der Waals surface area contributed by atoms with Gasteiger partial charge in [0.1, 0.15) is 5.00 Å². The van der Waals surface area contributed by atoms with Gasteiger partial charge in [-0.05, 0) is 30.7 Å². The van der Waals surface area contributed by atoms with Gasteiger partial charge in [-0.15, -0.1) is 11.3 Å². The molecule has 1 unspecified atom stereocenters. The molecule has 3 N–H and O–H groups in total. The number of nitrogens with two attached hydrogens (primary N) is 1. The zero-order chi connectivity index (χ0) is 14.9. The topological polar surface area (TPSA) is 72.2 Å². The smallest absolute Gasteiger partial charge is 0.258 e. The van der Waals surface area contributed by atoms with Crippen molar-refractivity contribution < 1.29 is 9.59 Å². The molecule has 0 radical (unpaired) electrons. The van der Waals surface area contributed by atoms with Crippen LogP contribution in [0.15, 0.2) is 0 Å². The number of carbonyl (C=O) groups excluding carboxylic acids is 2. The van der Waals surface area contributed by atoms with Crippen LogP contribution in [0.5, 0.6) is 0 Å². The Morgan fingerprint density at radius 1 is 1.50 bits per heavy atom. The average Bonchev–Trinajstić information content (AvgIpc) is 2.75. The number of alkyl halides is 2. The van der Waals surface area contributed by atoms with E-state index in [-0.39, 0.29) is 0 Å². The first-order valence-corrected chi connectivity index (χ1v) is 8.16. The maximum Gasteiger partial charge on any atom is 0.258 e. The molecule has 1 aliphatic carbocycles. The first-order valence-electron chi connectivity index (χ1n) is 6.47. The van der Waals surface area contributed by atoms with Gasteiger partial charge in [0.2, 0.25) is 0 Å². The van der Waals surface area contributed by atoms with Crippen molar-refractivity contribution in [3.05, 3.63) is 16.0 Å². The predicted octanol–water partition coefficient (Wildman–Crippen LogP) is 3.10. The Bertz CT molecular complexity index is 543. The minimum absolute atomic E-state index is 0.418. The van der Waals surface area contributed by atoms with E-state index in [1.165, 1.54) is 11.3 Å². The number of amides is 2. The summed E-state index contributed by atoms with van der Waals surface area (Å²) in [5, 5.41) is 3.06. The molecule has 1 aromatic heterocycles. The molecule has 0 bridgehead atoms. The molecule has 2 amide bonds. The van der Waals surface area contributed by atoms with Gasteiger partial charge in [0.15, 0.2) is 4.84 Å². The van der Waals surface area contributed by atoms with Crippen LogP contribution in [0.25, 0.3) is 0 Å². The second kappa shape index (κ2) is 6.33. The molecule has 0 aliphatic heterocycles. The molecule has 1 heterocycles. The van der Waals surface area contributed by atoms with E-state index in [4.69, 9.17) is 28.9 Å². The third-order valence-electron chi connectivity index (χ3n) is 3.63. The highest BCUT2D eigenvalue weighted by Crippen LogP contribution is 2.40. The van der Waals surface area contributed by atoms with Crippen molar-refractivity contribution in [1.29, 1.82) is 0 Å². The van der Waals surface area contributed by atoms with Crippen molar-refractivity contribution in [2.75, 3.05) is 5.32 Å². The highest BCUT2D eigenvalue weighted by molar-refractivity contribution is 7.17. The molecule has 110 valence electrons. The summed E-state index contributed by atoms with van der Waals surface area (Å²) >= 11 is 12.5. The lowest BCUT2D eigenvalue weighted by molar-refractivity contribution is -0.114. The van der Waals surface area contributed by atoms with Crippen LogP contribution < -0.4 is 11.1 Å². The van der Waals surface area contributed by atoms with Gasteiger partial charge < -0.3 is 11.1 Å². The molecule has 0 spiro atoms. The van der Waals surface area contributed by atoms with Crippen LogP contribution in [-0.4, -0.2) is 16.7 Å². The van der Waals surface area contributed by atoms with Gasteiger partial charge in [-0.1, -0.05) is 36.5 Å². The molecule has 20 heavy (non-hydrogen) atoms. The summed E-state index contributed by atoms with van der Waals surface area (Å²) in [4.78, 5) is 23.2. The summed E-state index contributed by atoms with van der Waals surface area (Å²) in [6.45, 7) is 2.16. The van der Waals surface area contributed by atoms with Crippen molar-refractivity contribution in [2.45, 2.75) is 37.4 Å². The van der Waals surface area contributed by atoms with Gasteiger partial charge in [0, 0.05) is 4.88 Å². The van der Waals surface area contributed by atoms with E-state index in [2.05, 4.69) is 12.2 Å². The van der Waals surface area contributed by atoms with Crippen molar-refractivity contribution in [2.24, 2.45) is 11.7 Å². The fourth-order valence-electron chi connectivity index (χ4n) is 2.52. The lowest BCUT2D eigenvalue weighted by Crippen LogP contribution is -2.22. The highest BCUT2D eigenvalue weighted by atomic mass is 35.5. The van der Waals surface area contributed by atoms with Crippen LogP contribution in [0.4, 0.5) is 5.00 Å². The van der Waals surface area contributed by atoms with Crippen LogP contribution in [0.3, 0.4) is 0 Å². The van der Waals surface area contributed by atoms with Gasteiger partial charge in [-0.2, -0.15) is 0 Å². The van der Waals surface area contributed by atoms with E-state index in [9.17, 15) is 9.59 Å². The van der Waals surface area contributed by atoms with Crippen LogP contribution in [0.1, 0.15) is 40.6 Å². The van der Waals surface area contributed by atoms with Gasteiger partial charge >= 0.3 is 0 Å². The Balaban J connectivity index is 2.35. The number of primary amides is 1. The maximum atomic E-state index is 11.7. The Labute approximate surface area is 131 Å². The number of anilines is 1.